The first-order valence-electron chi connectivity index (χ1n) is 12.9. The summed E-state index contributed by atoms with van der Waals surface area (Å²) in [5, 5.41) is 12.6. The summed E-state index contributed by atoms with van der Waals surface area (Å²) in [7, 11) is 0. The Labute approximate surface area is 218 Å². The smallest absolute Gasteiger partial charge is 0.370 e. The third-order valence-corrected chi connectivity index (χ3v) is 7.34. The van der Waals surface area contributed by atoms with Gasteiger partial charge < -0.3 is 19.9 Å². The van der Waals surface area contributed by atoms with Gasteiger partial charge in [0.15, 0.2) is 0 Å². The standard InChI is InChI=1S/C31H35NO5/c1-4-31(30(34)35,37-26-11-6-5-7-12-26)32-29(33)27-17-18-28(22(3)21(27)2)36-20-25-15-13-24(14-16-25)19-23-9-8-10-23/h5-7,11-18,23H,4,8-10,19-20H2,1-3H3,(H,32,33)(H,34,35). The highest BCUT2D eigenvalue weighted by Crippen LogP contribution is 2.30. The molecule has 1 fully saturated rings. The van der Waals surface area contributed by atoms with Crippen LogP contribution in [-0.2, 0) is 17.8 Å². The molecule has 4 rings (SSSR count). The maximum absolute atomic E-state index is 13.2. The molecule has 0 spiro atoms. The highest BCUT2D eigenvalue weighted by Gasteiger charge is 2.41. The first-order chi connectivity index (χ1) is 17.8. The summed E-state index contributed by atoms with van der Waals surface area (Å²) in [6, 6.07) is 20.6. The number of rotatable bonds is 11. The lowest BCUT2D eigenvalue weighted by atomic mass is 9.81. The van der Waals surface area contributed by atoms with E-state index in [0.717, 1.165) is 29.0 Å². The van der Waals surface area contributed by atoms with Crippen LogP contribution >= 0.6 is 0 Å². The maximum Gasteiger partial charge on any atom is 0.370 e. The molecular formula is C31H35NO5. The van der Waals surface area contributed by atoms with Crippen LogP contribution in [0.3, 0.4) is 0 Å². The summed E-state index contributed by atoms with van der Waals surface area (Å²) in [6.45, 7) is 5.82. The molecule has 3 aromatic rings. The van der Waals surface area contributed by atoms with Gasteiger partial charge in [0.25, 0.3) is 11.6 Å². The molecule has 2 N–H and O–H groups in total. The Kier molecular flexibility index (Phi) is 8.17. The second-order valence-electron chi connectivity index (χ2n) is 9.82. The molecule has 6 heteroatoms. The van der Waals surface area contributed by atoms with E-state index in [9.17, 15) is 14.7 Å². The predicted octanol–water partition coefficient (Wildman–Crippen LogP) is 6.22. The van der Waals surface area contributed by atoms with E-state index in [1.54, 1.807) is 49.4 Å². The summed E-state index contributed by atoms with van der Waals surface area (Å²) in [4.78, 5) is 25.4. The van der Waals surface area contributed by atoms with Crippen molar-refractivity contribution in [2.75, 3.05) is 0 Å². The van der Waals surface area contributed by atoms with Gasteiger partial charge >= 0.3 is 5.97 Å². The Bertz CT molecular complexity index is 1230. The van der Waals surface area contributed by atoms with Crippen LogP contribution in [0.2, 0.25) is 0 Å². The van der Waals surface area contributed by atoms with Gasteiger partial charge in [0.1, 0.15) is 18.1 Å². The maximum atomic E-state index is 13.2. The Morgan fingerprint density at radius 1 is 0.946 bits per heavy atom. The van der Waals surface area contributed by atoms with Gasteiger partial charge in [0.2, 0.25) is 0 Å². The van der Waals surface area contributed by atoms with Crippen LogP contribution in [0.25, 0.3) is 0 Å². The molecule has 1 unspecified atom stereocenters. The van der Waals surface area contributed by atoms with E-state index >= 15 is 0 Å². The van der Waals surface area contributed by atoms with E-state index in [0.29, 0.717) is 23.7 Å². The average Bonchev–Trinajstić information content (AvgIpc) is 2.87. The number of ether oxygens (including phenoxy) is 2. The summed E-state index contributed by atoms with van der Waals surface area (Å²) in [6.07, 6.45) is 5.24. The Morgan fingerprint density at radius 2 is 1.62 bits per heavy atom. The number of nitrogens with one attached hydrogen (secondary N) is 1. The summed E-state index contributed by atoms with van der Waals surface area (Å²) < 4.78 is 11.8. The minimum Gasteiger partial charge on any atom is -0.489 e. The van der Waals surface area contributed by atoms with Crippen molar-refractivity contribution in [2.45, 2.75) is 65.2 Å². The molecule has 0 aromatic heterocycles. The number of para-hydroxylation sites is 1. The van der Waals surface area contributed by atoms with E-state index in [-0.39, 0.29) is 6.42 Å². The molecule has 6 nitrogen and oxygen atoms in total. The highest BCUT2D eigenvalue weighted by atomic mass is 16.5. The Hall–Kier alpha value is -3.80. The van der Waals surface area contributed by atoms with E-state index in [2.05, 4.69) is 29.6 Å². The van der Waals surface area contributed by atoms with Gasteiger partial charge in [-0.2, -0.15) is 0 Å². The van der Waals surface area contributed by atoms with Crippen LogP contribution < -0.4 is 14.8 Å². The van der Waals surface area contributed by atoms with Crippen molar-refractivity contribution in [3.63, 3.8) is 0 Å². The molecule has 0 saturated heterocycles. The highest BCUT2D eigenvalue weighted by molar-refractivity contribution is 5.99. The molecule has 1 amide bonds. The number of benzene rings is 3. The summed E-state index contributed by atoms with van der Waals surface area (Å²) >= 11 is 0. The number of hydrogen-bond acceptors (Lipinski definition) is 4. The summed E-state index contributed by atoms with van der Waals surface area (Å²) in [5.74, 6) is 0.105. The second kappa shape index (κ2) is 11.5. The van der Waals surface area contributed by atoms with Crippen LogP contribution in [-0.4, -0.2) is 22.7 Å². The lowest BCUT2D eigenvalue weighted by Gasteiger charge is -2.30. The molecule has 0 heterocycles. The van der Waals surface area contributed by atoms with E-state index in [4.69, 9.17) is 9.47 Å². The van der Waals surface area contributed by atoms with Gasteiger partial charge in [-0.05, 0) is 72.7 Å². The summed E-state index contributed by atoms with van der Waals surface area (Å²) in [5.41, 5.74) is 2.50. The van der Waals surface area contributed by atoms with Gasteiger partial charge in [-0.25, -0.2) is 4.79 Å². The zero-order chi connectivity index (χ0) is 26.4. The molecule has 37 heavy (non-hydrogen) atoms. The number of aliphatic carboxylic acids is 1. The molecule has 194 valence electrons. The molecule has 0 bridgehead atoms. The first kappa shape index (κ1) is 26.3. The SMILES string of the molecule is CCC(NC(=O)c1ccc(OCc2ccc(CC3CCC3)cc2)c(C)c1C)(Oc1ccccc1)C(=O)O. The van der Waals surface area contributed by atoms with E-state index in [1.807, 2.05) is 13.8 Å². The zero-order valence-electron chi connectivity index (χ0n) is 21.8. The average molecular weight is 502 g/mol. The van der Waals surface area contributed by atoms with Crippen LogP contribution in [0.1, 0.15) is 65.2 Å². The van der Waals surface area contributed by atoms with Gasteiger partial charge in [-0.15, -0.1) is 0 Å². The monoisotopic (exact) mass is 501 g/mol. The minimum absolute atomic E-state index is 0.0433. The number of carboxylic acid groups (broad SMARTS) is 1. The fourth-order valence-electron chi connectivity index (χ4n) is 4.54. The van der Waals surface area contributed by atoms with Crippen molar-refractivity contribution in [3.8, 4) is 11.5 Å². The van der Waals surface area contributed by atoms with E-state index in [1.165, 1.54) is 24.8 Å². The molecular weight excluding hydrogens is 466 g/mol. The quantitative estimate of drug-likeness (QED) is 0.305. The Balaban J connectivity index is 1.44. The van der Waals surface area contributed by atoms with Crippen LogP contribution in [0, 0.1) is 19.8 Å². The third kappa shape index (κ3) is 6.13. The zero-order valence-corrected chi connectivity index (χ0v) is 21.8. The van der Waals surface area contributed by atoms with Crippen molar-refractivity contribution >= 4 is 11.9 Å². The minimum atomic E-state index is -1.89. The van der Waals surface area contributed by atoms with Crippen molar-refractivity contribution < 1.29 is 24.2 Å². The molecule has 1 saturated carbocycles. The Morgan fingerprint density at radius 3 is 2.22 bits per heavy atom. The molecule has 1 atom stereocenters. The van der Waals surface area contributed by atoms with Crippen molar-refractivity contribution in [3.05, 3.63) is 94.5 Å². The lowest BCUT2D eigenvalue weighted by molar-refractivity contribution is -0.158. The first-order valence-corrected chi connectivity index (χ1v) is 12.9. The van der Waals surface area contributed by atoms with Gasteiger partial charge in [0, 0.05) is 12.0 Å². The van der Waals surface area contributed by atoms with E-state index < -0.39 is 17.6 Å². The largest absolute Gasteiger partial charge is 0.489 e. The lowest BCUT2D eigenvalue weighted by Crippen LogP contribution is -2.58. The molecule has 3 aromatic carbocycles. The van der Waals surface area contributed by atoms with Crippen molar-refractivity contribution in [2.24, 2.45) is 5.92 Å². The molecule has 1 aliphatic rings. The van der Waals surface area contributed by atoms with Crippen LogP contribution in [0.15, 0.2) is 66.7 Å². The van der Waals surface area contributed by atoms with Crippen molar-refractivity contribution in [1.29, 1.82) is 0 Å². The normalized spacial score (nSPS) is 14.8. The molecule has 0 aliphatic heterocycles. The number of carbonyl (C=O) groups excluding carboxylic acids is 1. The predicted molar refractivity (Wildman–Crippen MR) is 143 cm³/mol. The third-order valence-electron chi connectivity index (χ3n) is 7.34. The van der Waals surface area contributed by atoms with Crippen molar-refractivity contribution in [1.82, 2.24) is 5.32 Å². The topological polar surface area (TPSA) is 84.9 Å². The van der Waals surface area contributed by atoms with Gasteiger partial charge in [-0.3, -0.25) is 4.79 Å². The van der Waals surface area contributed by atoms with Crippen LogP contribution in [0.5, 0.6) is 11.5 Å². The number of carbonyl (C=O) groups is 2. The molecule has 0 radical (unpaired) electrons. The van der Waals surface area contributed by atoms with Crippen LogP contribution in [0.4, 0.5) is 0 Å². The number of amides is 1. The fraction of sp³-hybridized carbons (Fsp3) is 0.355. The molecule has 1 aliphatic carbocycles. The number of hydrogen-bond donors (Lipinski definition) is 2. The second-order valence-corrected chi connectivity index (χ2v) is 9.82. The van der Waals surface area contributed by atoms with Gasteiger partial charge in [-0.1, -0.05) is 68.7 Å². The fourth-order valence-corrected chi connectivity index (χ4v) is 4.54. The number of carboxylic acids is 1. The van der Waals surface area contributed by atoms with Gasteiger partial charge in [0.05, 0.1) is 0 Å².